The molecule has 1 aliphatic heterocycles. The highest BCUT2D eigenvalue weighted by Gasteiger charge is 2.10. The van der Waals surface area contributed by atoms with Crippen molar-refractivity contribution in [3.63, 3.8) is 0 Å². The van der Waals surface area contributed by atoms with Crippen molar-refractivity contribution in [3.8, 4) is 0 Å². The van der Waals surface area contributed by atoms with Crippen molar-refractivity contribution in [2.45, 2.75) is 19.3 Å². The number of aliphatic carboxylic acids is 1. The molecule has 0 radical (unpaired) electrons. The molecule has 68 valence electrons. The summed E-state index contributed by atoms with van der Waals surface area (Å²) in [6.07, 6.45) is 6.25. The van der Waals surface area contributed by atoms with Crippen molar-refractivity contribution in [1.29, 1.82) is 0 Å². The number of piperidine rings is 1. The van der Waals surface area contributed by atoms with Gasteiger partial charge in [0, 0.05) is 6.08 Å². The van der Waals surface area contributed by atoms with Crippen LogP contribution in [0.3, 0.4) is 0 Å². The summed E-state index contributed by atoms with van der Waals surface area (Å²) in [6, 6.07) is 0. The summed E-state index contributed by atoms with van der Waals surface area (Å²) in [5, 5.41) is 11.6. The van der Waals surface area contributed by atoms with E-state index in [2.05, 4.69) is 5.32 Å². The fourth-order valence-electron chi connectivity index (χ4n) is 1.48. The number of rotatable bonds is 3. The molecule has 2 N–H and O–H groups in total. The highest BCUT2D eigenvalue weighted by Crippen LogP contribution is 2.15. The van der Waals surface area contributed by atoms with E-state index < -0.39 is 5.97 Å². The van der Waals surface area contributed by atoms with Crippen molar-refractivity contribution in [2.75, 3.05) is 13.1 Å². The molecular formula is C9H15NO2. The van der Waals surface area contributed by atoms with Crippen LogP contribution in [0.4, 0.5) is 0 Å². The minimum absolute atomic E-state index is 0.682. The van der Waals surface area contributed by atoms with Gasteiger partial charge in [0.05, 0.1) is 0 Å². The Hall–Kier alpha value is -0.830. The lowest BCUT2D eigenvalue weighted by molar-refractivity contribution is -0.131. The van der Waals surface area contributed by atoms with Gasteiger partial charge in [-0.25, -0.2) is 4.79 Å². The molecule has 0 aromatic carbocycles. The second-order valence-corrected chi connectivity index (χ2v) is 3.17. The second-order valence-electron chi connectivity index (χ2n) is 3.17. The van der Waals surface area contributed by atoms with Crippen LogP contribution in [0, 0.1) is 5.92 Å². The van der Waals surface area contributed by atoms with Crippen molar-refractivity contribution in [1.82, 2.24) is 5.32 Å². The van der Waals surface area contributed by atoms with Crippen LogP contribution in [0.25, 0.3) is 0 Å². The highest BCUT2D eigenvalue weighted by atomic mass is 16.4. The zero-order valence-electron chi connectivity index (χ0n) is 7.12. The summed E-state index contributed by atoms with van der Waals surface area (Å²) >= 11 is 0. The van der Waals surface area contributed by atoms with E-state index in [9.17, 15) is 4.79 Å². The average molecular weight is 169 g/mol. The zero-order chi connectivity index (χ0) is 8.81. The monoisotopic (exact) mass is 169 g/mol. The largest absolute Gasteiger partial charge is 0.478 e. The topological polar surface area (TPSA) is 49.3 Å². The Kier molecular flexibility index (Phi) is 3.80. The van der Waals surface area contributed by atoms with Crippen LogP contribution in [0.5, 0.6) is 0 Å². The number of nitrogens with one attached hydrogen (secondary N) is 1. The van der Waals surface area contributed by atoms with Crippen molar-refractivity contribution in [2.24, 2.45) is 5.92 Å². The predicted molar refractivity (Wildman–Crippen MR) is 47.0 cm³/mol. The molecule has 1 heterocycles. The van der Waals surface area contributed by atoms with Crippen LogP contribution in [0.1, 0.15) is 19.3 Å². The van der Waals surface area contributed by atoms with Crippen LogP contribution >= 0.6 is 0 Å². The van der Waals surface area contributed by atoms with Gasteiger partial charge in [-0.15, -0.1) is 0 Å². The lowest BCUT2D eigenvalue weighted by Gasteiger charge is -2.20. The van der Waals surface area contributed by atoms with Gasteiger partial charge >= 0.3 is 5.97 Å². The zero-order valence-corrected chi connectivity index (χ0v) is 7.12. The van der Waals surface area contributed by atoms with Crippen LogP contribution < -0.4 is 5.32 Å². The summed E-state index contributed by atoms with van der Waals surface area (Å²) in [4.78, 5) is 10.1. The Balaban J connectivity index is 2.17. The molecule has 3 heteroatoms. The van der Waals surface area contributed by atoms with E-state index in [4.69, 9.17) is 5.11 Å². The van der Waals surface area contributed by atoms with E-state index in [1.807, 2.05) is 0 Å². The maximum absolute atomic E-state index is 10.1. The van der Waals surface area contributed by atoms with Gasteiger partial charge in [0.15, 0.2) is 0 Å². The van der Waals surface area contributed by atoms with Crippen LogP contribution in [-0.4, -0.2) is 24.2 Å². The minimum atomic E-state index is -0.844. The lowest BCUT2D eigenvalue weighted by Crippen LogP contribution is -2.27. The second kappa shape index (κ2) is 4.93. The molecule has 0 spiro atoms. The van der Waals surface area contributed by atoms with Gasteiger partial charge in [-0.1, -0.05) is 6.08 Å². The van der Waals surface area contributed by atoms with Gasteiger partial charge in [-0.2, -0.15) is 0 Å². The van der Waals surface area contributed by atoms with Gasteiger partial charge < -0.3 is 10.4 Å². The molecule has 0 amide bonds. The van der Waals surface area contributed by atoms with E-state index in [1.54, 1.807) is 6.08 Å². The first-order valence-electron chi connectivity index (χ1n) is 4.39. The first-order chi connectivity index (χ1) is 5.79. The number of carbonyl (C=O) groups is 1. The van der Waals surface area contributed by atoms with Crippen LogP contribution in [0.2, 0.25) is 0 Å². The van der Waals surface area contributed by atoms with Crippen molar-refractivity contribution >= 4 is 5.97 Å². The fourth-order valence-corrected chi connectivity index (χ4v) is 1.48. The molecule has 0 unspecified atom stereocenters. The predicted octanol–water partition coefficient (Wildman–Crippen LogP) is 1.02. The van der Waals surface area contributed by atoms with E-state index in [1.165, 1.54) is 18.9 Å². The molecule has 0 aromatic heterocycles. The summed E-state index contributed by atoms with van der Waals surface area (Å²) in [6.45, 7) is 2.15. The fraction of sp³-hybridized carbons (Fsp3) is 0.667. The van der Waals surface area contributed by atoms with Gasteiger partial charge in [0.25, 0.3) is 0 Å². The number of hydrogen-bond acceptors (Lipinski definition) is 2. The summed E-state index contributed by atoms with van der Waals surface area (Å²) in [5.74, 6) is -0.161. The van der Waals surface area contributed by atoms with Gasteiger partial charge in [0.2, 0.25) is 0 Å². The third-order valence-electron chi connectivity index (χ3n) is 2.19. The molecule has 1 fully saturated rings. The normalized spacial score (nSPS) is 20.0. The first-order valence-corrected chi connectivity index (χ1v) is 4.39. The summed E-state index contributed by atoms with van der Waals surface area (Å²) in [5.41, 5.74) is 0. The quantitative estimate of drug-likeness (QED) is 0.620. The van der Waals surface area contributed by atoms with E-state index in [0.717, 1.165) is 19.5 Å². The molecular weight excluding hydrogens is 154 g/mol. The Labute approximate surface area is 72.5 Å². The first kappa shape index (κ1) is 9.26. The SMILES string of the molecule is O=C(O)/C=C/CC1CCNCC1. The van der Waals surface area contributed by atoms with E-state index >= 15 is 0 Å². The number of carboxylic acids is 1. The molecule has 0 aromatic rings. The molecule has 1 rings (SSSR count). The Morgan fingerprint density at radius 3 is 2.75 bits per heavy atom. The highest BCUT2D eigenvalue weighted by molar-refractivity contribution is 5.79. The summed E-state index contributed by atoms with van der Waals surface area (Å²) in [7, 11) is 0. The van der Waals surface area contributed by atoms with Crippen LogP contribution in [0.15, 0.2) is 12.2 Å². The molecule has 3 nitrogen and oxygen atoms in total. The van der Waals surface area contributed by atoms with Crippen LogP contribution in [-0.2, 0) is 4.79 Å². The maximum Gasteiger partial charge on any atom is 0.327 e. The minimum Gasteiger partial charge on any atom is -0.478 e. The standard InChI is InChI=1S/C9H15NO2/c11-9(12)3-1-2-8-4-6-10-7-5-8/h1,3,8,10H,2,4-7H2,(H,11,12)/b3-1+. The molecule has 1 aliphatic rings. The van der Waals surface area contributed by atoms with E-state index in [-0.39, 0.29) is 0 Å². The number of allylic oxidation sites excluding steroid dienone is 1. The molecule has 0 bridgehead atoms. The molecule has 0 atom stereocenters. The summed E-state index contributed by atoms with van der Waals surface area (Å²) < 4.78 is 0. The number of hydrogen-bond donors (Lipinski definition) is 2. The van der Waals surface area contributed by atoms with Gasteiger partial charge in [-0.05, 0) is 38.3 Å². The van der Waals surface area contributed by atoms with E-state index in [0.29, 0.717) is 5.92 Å². The molecule has 0 aliphatic carbocycles. The van der Waals surface area contributed by atoms with Crippen molar-refractivity contribution in [3.05, 3.63) is 12.2 Å². The van der Waals surface area contributed by atoms with Gasteiger partial charge in [0.1, 0.15) is 0 Å². The van der Waals surface area contributed by atoms with Gasteiger partial charge in [-0.3, -0.25) is 0 Å². The number of carboxylic acid groups (broad SMARTS) is 1. The molecule has 1 saturated heterocycles. The Bertz CT molecular complexity index is 171. The third-order valence-corrected chi connectivity index (χ3v) is 2.19. The lowest BCUT2D eigenvalue weighted by atomic mass is 9.95. The Morgan fingerprint density at radius 1 is 1.50 bits per heavy atom. The molecule has 0 saturated carbocycles. The Morgan fingerprint density at radius 2 is 2.17 bits per heavy atom. The van der Waals surface area contributed by atoms with Crippen molar-refractivity contribution < 1.29 is 9.90 Å². The molecule has 12 heavy (non-hydrogen) atoms. The average Bonchev–Trinajstić information content (AvgIpc) is 2.05. The maximum atomic E-state index is 10.1. The third kappa shape index (κ3) is 3.53. The smallest absolute Gasteiger partial charge is 0.327 e.